The molecule has 1 amide bonds. The third kappa shape index (κ3) is 5.12. The number of benzene rings is 2. The van der Waals surface area contributed by atoms with Crippen LogP contribution in [0.15, 0.2) is 75.2 Å². The molecule has 3 heterocycles. The van der Waals surface area contributed by atoms with Gasteiger partial charge in [-0.1, -0.05) is 32.0 Å². The molecule has 5 nitrogen and oxygen atoms in total. The standard InChI is InChI=1S/C31H35N3O2S/c1-6-14-34-27-16-21(2)23(17-26(27)22(3)19-31(34,4)5)18-28-29(35)33(20-25-13-10-15-36-25)30(37-28)32-24-11-8-7-9-12-24/h7-13,15-18,22H,6,14,19-20H2,1-5H3/b28-18+,32-30?. The highest BCUT2D eigenvalue weighted by molar-refractivity contribution is 8.18. The molecule has 3 aromatic rings. The Morgan fingerprint density at radius 2 is 1.95 bits per heavy atom. The van der Waals surface area contributed by atoms with Crippen LogP contribution in [-0.2, 0) is 11.3 Å². The van der Waals surface area contributed by atoms with Crippen LogP contribution in [0.3, 0.4) is 0 Å². The molecule has 0 radical (unpaired) electrons. The SMILES string of the molecule is CCCN1c2cc(C)c(/C=C3/SC(=Nc4ccccc4)N(Cc4ccco4)C3=O)cc2C(C)CC1(C)C. The second kappa shape index (κ2) is 10.3. The molecule has 1 fully saturated rings. The monoisotopic (exact) mass is 513 g/mol. The Balaban J connectivity index is 1.53. The summed E-state index contributed by atoms with van der Waals surface area (Å²) in [6, 6.07) is 18.1. The van der Waals surface area contributed by atoms with Crippen molar-refractivity contribution in [2.45, 2.75) is 65.5 Å². The van der Waals surface area contributed by atoms with Gasteiger partial charge in [-0.3, -0.25) is 9.69 Å². The van der Waals surface area contributed by atoms with Crippen LogP contribution in [0.2, 0.25) is 0 Å². The third-order valence-electron chi connectivity index (χ3n) is 7.27. The molecule has 192 valence electrons. The van der Waals surface area contributed by atoms with Gasteiger partial charge in [-0.15, -0.1) is 0 Å². The van der Waals surface area contributed by atoms with E-state index >= 15 is 0 Å². The number of fused-ring (bicyclic) bond motifs is 1. The molecule has 0 spiro atoms. The molecule has 0 saturated carbocycles. The lowest BCUT2D eigenvalue weighted by Crippen LogP contribution is -2.48. The zero-order valence-electron chi connectivity index (χ0n) is 22.3. The van der Waals surface area contributed by atoms with E-state index in [-0.39, 0.29) is 11.4 Å². The molecule has 2 aliphatic rings. The topological polar surface area (TPSA) is 49.0 Å². The van der Waals surface area contributed by atoms with E-state index in [2.05, 4.69) is 51.7 Å². The number of aryl methyl sites for hydroxylation is 1. The van der Waals surface area contributed by atoms with Gasteiger partial charge in [0.15, 0.2) is 5.17 Å². The van der Waals surface area contributed by atoms with Crippen LogP contribution in [0.1, 0.15) is 68.9 Å². The number of nitrogens with zero attached hydrogens (tertiary/aromatic N) is 3. The lowest BCUT2D eigenvalue weighted by Gasteiger charge is -2.48. The number of anilines is 1. The Morgan fingerprint density at radius 1 is 1.16 bits per heavy atom. The Bertz CT molecular complexity index is 1340. The number of furan rings is 1. The minimum Gasteiger partial charge on any atom is -0.467 e. The van der Waals surface area contributed by atoms with Gasteiger partial charge in [0, 0.05) is 17.8 Å². The summed E-state index contributed by atoms with van der Waals surface area (Å²) in [7, 11) is 0. The molecule has 1 unspecified atom stereocenters. The van der Waals surface area contributed by atoms with E-state index in [4.69, 9.17) is 9.41 Å². The van der Waals surface area contributed by atoms with E-state index in [1.54, 1.807) is 11.2 Å². The molecule has 5 rings (SSSR count). The average molecular weight is 514 g/mol. The van der Waals surface area contributed by atoms with E-state index in [0.29, 0.717) is 22.5 Å². The van der Waals surface area contributed by atoms with Gasteiger partial charge in [0.2, 0.25) is 0 Å². The van der Waals surface area contributed by atoms with E-state index in [9.17, 15) is 4.79 Å². The van der Waals surface area contributed by atoms with Crippen molar-refractivity contribution in [1.29, 1.82) is 0 Å². The summed E-state index contributed by atoms with van der Waals surface area (Å²) >= 11 is 1.43. The summed E-state index contributed by atoms with van der Waals surface area (Å²) in [5, 5.41) is 0.665. The van der Waals surface area contributed by atoms with Gasteiger partial charge in [0.05, 0.1) is 23.4 Å². The van der Waals surface area contributed by atoms with Crippen molar-refractivity contribution < 1.29 is 9.21 Å². The van der Waals surface area contributed by atoms with Gasteiger partial charge in [0.1, 0.15) is 5.76 Å². The van der Waals surface area contributed by atoms with Gasteiger partial charge in [-0.05, 0) is 110 Å². The summed E-state index contributed by atoms with van der Waals surface area (Å²) in [6.07, 6.45) is 5.90. The van der Waals surface area contributed by atoms with Crippen LogP contribution in [0.5, 0.6) is 0 Å². The first-order valence-corrected chi connectivity index (χ1v) is 13.9. The molecule has 0 N–H and O–H groups in total. The van der Waals surface area contributed by atoms with Crippen LogP contribution in [-0.4, -0.2) is 28.1 Å². The molecule has 6 heteroatoms. The summed E-state index contributed by atoms with van der Waals surface area (Å²) in [5.74, 6) is 1.14. The van der Waals surface area contributed by atoms with Crippen molar-refractivity contribution in [3.8, 4) is 0 Å². The van der Waals surface area contributed by atoms with Crippen molar-refractivity contribution in [3.05, 3.63) is 88.2 Å². The van der Waals surface area contributed by atoms with Crippen LogP contribution in [0.4, 0.5) is 11.4 Å². The molecule has 0 aliphatic carbocycles. The maximum atomic E-state index is 13.6. The normalized spacial score (nSPS) is 21.2. The largest absolute Gasteiger partial charge is 0.467 e. The summed E-state index contributed by atoms with van der Waals surface area (Å²) < 4.78 is 5.55. The van der Waals surface area contributed by atoms with Crippen molar-refractivity contribution in [3.63, 3.8) is 0 Å². The number of hydrogen-bond donors (Lipinski definition) is 0. The van der Waals surface area contributed by atoms with Crippen molar-refractivity contribution in [2.75, 3.05) is 11.4 Å². The third-order valence-corrected chi connectivity index (χ3v) is 8.28. The van der Waals surface area contributed by atoms with Crippen molar-refractivity contribution in [1.82, 2.24) is 4.90 Å². The number of aliphatic imine (C=N–C) groups is 1. The lowest BCUT2D eigenvalue weighted by molar-refractivity contribution is -0.122. The first kappa shape index (κ1) is 25.4. The highest BCUT2D eigenvalue weighted by Crippen LogP contribution is 2.45. The molecule has 1 aromatic heterocycles. The number of carbonyl (C=O) groups is 1. The zero-order chi connectivity index (χ0) is 26.2. The first-order chi connectivity index (χ1) is 17.8. The quantitative estimate of drug-likeness (QED) is 0.314. The Kier molecular flexibility index (Phi) is 7.04. The summed E-state index contributed by atoms with van der Waals surface area (Å²) in [5.41, 5.74) is 5.92. The number of amidine groups is 1. The van der Waals surface area contributed by atoms with E-state index in [0.717, 1.165) is 36.4 Å². The lowest BCUT2D eigenvalue weighted by atomic mass is 9.79. The highest BCUT2D eigenvalue weighted by atomic mass is 32.2. The minimum atomic E-state index is -0.0463. The maximum Gasteiger partial charge on any atom is 0.267 e. The Morgan fingerprint density at radius 3 is 2.65 bits per heavy atom. The smallest absolute Gasteiger partial charge is 0.267 e. The van der Waals surface area contributed by atoms with Crippen molar-refractivity contribution in [2.24, 2.45) is 4.99 Å². The average Bonchev–Trinajstić information content (AvgIpc) is 3.47. The fourth-order valence-electron chi connectivity index (χ4n) is 5.50. The molecule has 37 heavy (non-hydrogen) atoms. The fraction of sp³-hybridized carbons (Fsp3) is 0.355. The first-order valence-electron chi connectivity index (χ1n) is 13.1. The maximum absolute atomic E-state index is 13.6. The van der Waals surface area contributed by atoms with Gasteiger partial charge < -0.3 is 9.32 Å². The minimum absolute atomic E-state index is 0.0463. The van der Waals surface area contributed by atoms with E-state index in [1.165, 1.54) is 28.6 Å². The van der Waals surface area contributed by atoms with Crippen molar-refractivity contribution >= 4 is 40.3 Å². The Hall–Kier alpha value is -3.25. The molecular weight excluding hydrogens is 478 g/mol. The van der Waals surface area contributed by atoms with Gasteiger partial charge in [0.25, 0.3) is 5.91 Å². The second-order valence-corrected chi connectivity index (χ2v) is 11.7. The number of carbonyl (C=O) groups excluding carboxylic acids is 1. The van der Waals surface area contributed by atoms with Crippen LogP contribution < -0.4 is 4.90 Å². The van der Waals surface area contributed by atoms with E-state index < -0.39 is 0 Å². The molecule has 2 aromatic carbocycles. The fourth-order valence-corrected chi connectivity index (χ4v) is 6.49. The number of para-hydroxylation sites is 1. The Labute approximate surface area is 224 Å². The molecule has 1 atom stereocenters. The molecule has 0 bridgehead atoms. The van der Waals surface area contributed by atoms with Crippen LogP contribution in [0.25, 0.3) is 6.08 Å². The second-order valence-electron chi connectivity index (χ2n) is 10.6. The highest BCUT2D eigenvalue weighted by Gasteiger charge is 2.37. The summed E-state index contributed by atoms with van der Waals surface area (Å²) in [4.78, 5) is 23.4. The van der Waals surface area contributed by atoms with Gasteiger partial charge in [-0.2, -0.15) is 0 Å². The van der Waals surface area contributed by atoms with Gasteiger partial charge in [-0.25, -0.2) is 4.99 Å². The van der Waals surface area contributed by atoms with Crippen LogP contribution >= 0.6 is 11.8 Å². The van der Waals surface area contributed by atoms with E-state index in [1.807, 2.05) is 48.5 Å². The number of hydrogen-bond acceptors (Lipinski definition) is 5. The molecular formula is C31H35N3O2S. The number of rotatable bonds is 6. The zero-order valence-corrected chi connectivity index (χ0v) is 23.1. The predicted molar refractivity (Wildman–Crippen MR) is 154 cm³/mol. The van der Waals surface area contributed by atoms with Crippen LogP contribution in [0, 0.1) is 6.92 Å². The molecule has 2 aliphatic heterocycles. The summed E-state index contributed by atoms with van der Waals surface area (Å²) in [6.45, 7) is 12.8. The predicted octanol–water partition coefficient (Wildman–Crippen LogP) is 7.89. The number of thioether (sulfide) groups is 1. The number of amides is 1. The van der Waals surface area contributed by atoms with Gasteiger partial charge >= 0.3 is 0 Å². The molecule has 1 saturated heterocycles.